The maximum Gasteiger partial charge on any atom is 0.170 e. The summed E-state index contributed by atoms with van der Waals surface area (Å²) in [5, 5.41) is 9.87. The molecule has 1 unspecified atom stereocenters. The lowest BCUT2D eigenvalue weighted by Gasteiger charge is -2.27. The van der Waals surface area contributed by atoms with Crippen LogP contribution in [0.2, 0.25) is 0 Å². The quantitative estimate of drug-likeness (QED) is 0.858. The van der Waals surface area contributed by atoms with E-state index in [9.17, 15) is 14.7 Å². The average molecular weight is 282 g/mol. The second kappa shape index (κ2) is 5.05. The minimum atomic E-state index is -0.439. The molecule has 1 atom stereocenters. The third-order valence-corrected chi connectivity index (χ3v) is 3.59. The van der Waals surface area contributed by atoms with Crippen molar-refractivity contribution in [2.75, 3.05) is 0 Å². The highest BCUT2D eigenvalue weighted by atomic mass is 16.5. The molecule has 21 heavy (non-hydrogen) atoms. The molecule has 4 nitrogen and oxygen atoms in total. The van der Waals surface area contributed by atoms with Crippen LogP contribution < -0.4 is 4.74 Å². The van der Waals surface area contributed by atoms with Crippen LogP contribution in [0.15, 0.2) is 42.5 Å². The number of hydrogen-bond donors (Lipinski definition) is 1. The molecule has 0 bridgehead atoms. The van der Waals surface area contributed by atoms with Crippen molar-refractivity contribution in [2.45, 2.75) is 19.4 Å². The van der Waals surface area contributed by atoms with Gasteiger partial charge in [-0.3, -0.25) is 9.59 Å². The molecule has 2 aromatic rings. The minimum absolute atomic E-state index is 0.0708. The number of rotatable bonds is 2. The van der Waals surface area contributed by atoms with Gasteiger partial charge in [-0.1, -0.05) is 30.3 Å². The molecule has 0 spiro atoms. The van der Waals surface area contributed by atoms with E-state index in [1.54, 1.807) is 0 Å². The number of aromatic hydroxyl groups is 1. The Labute approximate surface area is 122 Å². The Balaban J connectivity index is 2.10. The lowest BCUT2D eigenvalue weighted by atomic mass is 9.93. The third-order valence-electron chi connectivity index (χ3n) is 3.59. The number of Topliss-reactive ketones (excluding diaryl/α,β-unsaturated/α-hetero) is 2. The van der Waals surface area contributed by atoms with E-state index in [1.807, 2.05) is 30.3 Å². The first kappa shape index (κ1) is 13.4. The Morgan fingerprint density at radius 2 is 1.90 bits per heavy atom. The molecule has 1 heterocycles. The van der Waals surface area contributed by atoms with Crippen LogP contribution in [0, 0.1) is 0 Å². The summed E-state index contributed by atoms with van der Waals surface area (Å²) in [5.74, 6) is -0.395. The number of phenolic OH excluding ortho intramolecular Hbond substituents is 1. The van der Waals surface area contributed by atoms with Crippen LogP contribution in [0.4, 0.5) is 0 Å². The lowest BCUT2D eigenvalue weighted by molar-refractivity contribution is 0.0844. The summed E-state index contributed by atoms with van der Waals surface area (Å²) in [6.45, 7) is 1.34. The Hall–Kier alpha value is -2.62. The fourth-order valence-corrected chi connectivity index (χ4v) is 2.57. The SMILES string of the molecule is CC(=O)c1c(O)ccc2c1OC(c1ccccc1)CC2=O. The van der Waals surface area contributed by atoms with Gasteiger partial charge in [0.1, 0.15) is 23.2 Å². The van der Waals surface area contributed by atoms with Gasteiger partial charge in [0.15, 0.2) is 11.6 Å². The molecular formula is C17H14O4. The first-order valence-corrected chi connectivity index (χ1v) is 6.69. The van der Waals surface area contributed by atoms with Crippen LogP contribution >= 0.6 is 0 Å². The van der Waals surface area contributed by atoms with Gasteiger partial charge in [0.2, 0.25) is 0 Å². The maximum absolute atomic E-state index is 12.3. The molecular weight excluding hydrogens is 268 g/mol. The highest BCUT2D eigenvalue weighted by Gasteiger charge is 2.31. The van der Waals surface area contributed by atoms with Crippen LogP contribution in [0.1, 0.15) is 45.7 Å². The van der Waals surface area contributed by atoms with Crippen molar-refractivity contribution in [2.24, 2.45) is 0 Å². The Morgan fingerprint density at radius 3 is 2.57 bits per heavy atom. The van der Waals surface area contributed by atoms with Gasteiger partial charge in [0, 0.05) is 0 Å². The maximum atomic E-state index is 12.3. The van der Waals surface area contributed by atoms with Gasteiger partial charge in [-0.2, -0.15) is 0 Å². The molecule has 1 N–H and O–H groups in total. The topological polar surface area (TPSA) is 63.6 Å². The summed E-state index contributed by atoms with van der Waals surface area (Å²) in [6.07, 6.45) is -0.217. The predicted octanol–water partition coefficient (Wildman–Crippen LogP) is 3.30. The van der Waals surface area contributed by atoms with E-state index in [4.69, 9.17) is 4.74 Å². The third kappa shape index (κ3) is 2.29. The van der Waals surface area contributed by atoms with E-state index in [0.29, 0.717) is 5.56 Å². The van der Waals surface area contributed by atoms with E-state index in [-0.39, 0.29) is 35.0 Å². The molecule has 1 aliphatic rings. The van der Waals surface area contributed by atoms with Gasteiger partial charge < -0.3 is 9.84 Å². The number of ketones is 2. The van der Waals surface area contributed by atoms with Gasteiger partial charge in [-0.15, -0.1) is 0 Å². The number of phenols is 1. The summed E-state index contributed by atoms with van der Waals surface area (Å²) in [4.78, 5) is 24.0. The number of fused-ring (bicyclic) bond motifs is 1. The van der Waals surface area contributed by atoms with Crippen molar-refractivity contribution in [1.82, 2.24) is 0 Å². The molecule has 4 heteroatoms. The Kier molecular flexibility index (Phi) is 3.22. The highest BCUT2D eigenvalue weighted by molar-refractivity contribution is 6.07. The van der Waals surface area contributed by atoms with Crippen molar-refractivity contribution in [3.63, 3.8) is 0 Å². The fraction of sp³-hybridized carbons (Fsp3) is 0.176. The number of benzene rings is 2. The van der Waals surface area contributed by atoms with E-state index in [0.717, 1.165) is 5.56 Å². The second-order valence-electron chi connectivity index (χ2n) is 5.04. The summed E-state index contributed by atoms with van der Waals surface area (Å²) in [6, 6.07) is 12.2. The molecule has 0 fully saturated rings. The van der Waals surface area contributed by atoms with Crippen molar-refractivity contribution in [3.8, 4) is 11.5 Å². The van der Waals surface area contributed by atoms with Crippen molar-refractivity contribution in [3.05, 3.63) is 59.2 Å². The molecule has 106 valence electrons. The Bertz CT molecular complexity index is 719. The molecule has 0 aromatic heterocycles. The largest absolute Gasteiger partial charge is 0.507 e. The van der Waals surface area contributed by atoms with Crippen LogP contribution in [0.3, 0.4) is 0 Å². The summed E-state index contributed by atoms with van der Waals surface area (Å²) < 4.78 is 5.86. The molecule has 2 aromatic carbocycles. The van der Waals surface area contributed by atoms with Crippen molar-refractivity contribution >= 4 is 11.6 Å². The first-order chi connectivity index (χ1) is 10.1. The van der Waals surface area contributed by atoms with Crippen LogP contribution in [0.25, 0.3) is 0 Å². The van der Waals surface area contributed by atoms with Gasteiger partial charge >= 0.3 is 0 Å². The average Bonchev–Trinajstić information content (AvgIpc) is 2.47. The zero-order valence-corrected chi connectivity index (χ0v) is 11.5. The molecule has 0 saturated heterocycles. The molecule has 0 radical (unpaired) electrons. The first-order valence-electron chi connectivity index (χ1n) is 6.69. The Morgan fingerprint density at radius 1 is 1.19 bits per heavy atom. The van der Waals surface area contributed by atoms with Crippen LogP contribution in [-0.4, -0.2) is 16.7 Å². The van der Waals surface area contributed by atoms with Gasteiger partial charge in [-0.05, 0) is 24.6 Å². The standard InChI is InChI=1S/C17H14O4/c1-10(18)16-13(19)8-7-12-14(20)9-15(21-17(12)16)11-5-3-2-4-6-11/h2-8,15,19H,9H2,1H3. The van der Waals surface area contributed by atoms with Crippen LogP contribution in [0.5, 0.6) is 11.5 Å². The summed E-state index contributed by atoms with van der Waals surface area (Å²) in [5.41, 5.74) is 1.29. The lowest BCUT2D eigenvalue weighted by Crippen LogP contribution is -2.22. The van der Waals surface area contributed by atoms with Crippen LogP contribution in [-0.2, 0) is 0 Å². The smallest absolute Gasteiger partial charge is 0.170 e. The molecule has 0 saturated carbocycles. The number of carbonyl (C=O) groups is 2. The van der Waals surface area contributed by atoms with E-state index in [2.05, 4.69) is 0 Å². The zero-order chi connectivity index (χ0) is 15.0. The minimum Gasteiger partial charge on any atom is -0.507 e. The summed E-state index contributed by atoms with van der Waals surface area (Å²) in [7, 11) is 0. The van der Waals surface area contributed by atoms with Crippen molar-refractivity contribution in [1.29, 1.82) is 0 Å². The predicted molar refractivity (Wildman–Crippen MR) is 76.9 cm³/mol. The van der Waals surface area contributed by atoms with E-state index >= 15 is 0 Å². The zero-order valence-electron chi connectivity index (χ0n) is 11.5. The van der Waals surface area contributed by atoms with E-state index in [1.165, 1.54) is 19.1 Å². The number of carbonyl (C=O) groups excluding carboxylic acids is 2. The highest BCUT2D eigenvalue weighted by Crippen LogP contribution is 2.40. The van der Waals surface area contributed by atoms with Gasteiger partial charge in [0.25, 0.3) is 0 Å². The fourth-order valence-electron chi connectivity index (χ4n) is 2.57. The second-order valence-corrected chi connectivity index (χ2v) is 5.04. The molecule has 0 amide bonds. The van der Waals surface area contributed by atoms with Gasteiger partial charge in [0.05, 0.1) is 12.0 Å². The molecule has 3 rings (SSSR count). The van der Waals surface area contributed by atoms with Crippen molar-refractivity contribution < 1.29 is 19.4 Å². The number of ether oxygens (including phenoxy) is 1. The monoisotopic (exact) mass is 282 g/mol. The summed E-state index contributed by atoms with van der Waals surface area (Å²) >= 11 is 0. The normalized spacial score (nSPS) is 17.0. The van der Waals surface area contributed by atoms with Gasteiger partial charge in [-0.25, -0.2) is 0 Å². The van der Waals surface area contributed by atoms with E-state index < -0.39 is 6.10 Å². The number of hydrogen-bond acceptors (Lipinski definition) is 4. The molecule has 0 aliphatic carbocycles. The molecule has 1 aliphatic heterocycles.